The summed E-state index contributed by atoms with van der Waals surface area (Å²) >= 11 is 0. The molecule has 0 aromatic rings. The molecule has 0 radical (unpaired) electrons. The van der Waals surface area contributed by atoms with Crippen LogP contribution in [0, 0.1) is 11.3 Å². The number of β-amino-alcohol motifs (C(OH)–C–C–N with tert-alkyl or cyclic N) is 1. The van der Waals surface area contributed by atoms with E-state index in [-0.39, 0.29) is 23.3 Å². The van der Waals surface area contributed by atoms with Gasteiger partial charge in [-0.3, -0.25) is 4.79 Å². The van der Waals surface area contributed by atoms with Crippen molar-refractivity contribution in [2.24, 2.45) is 11.3 Å². The first-order valence-electron chi connectivity index (χ1n) is 5.47. The monoisotopic (exact) mass is 197 g/mol. The Hall–Kier alpha value is -0.570. The van der Waals surface area contributed by atoms with Crippen LogP contribution in [0.2, 0.25) is 0 Å². The van der Waals surface area contributed by atoms with Crippen molar-refractivity contribution in [3.63, 3.8) is 0 Å². The average molecular weight is 197 g/mol. The standard InChI is InChI=1S/C11H19NO2/c1-11(2)7-12(6-9(11)13)10(14)8-4-3-5-8/h8-9,13H,3-7H2,1-2H3. The second-order valence-corrected chi connectivity index (χ2v) is 5.35. The highest BCUT2D eigenvalue weighted by Crippen LogP contribution is 2.34. The minimum Gasteiger partial charge on any atom is -0.391 e. The topological polar surface area (TPSA) is 40.5 Å². The molecule has 0 bridgehead atoms. The molecule has 0 spiro atoms. The van der Waals surface area contributed by atoms with Gasteiger partial charge in [0.15, 0.2) is 0 Å². The maximum atomic E-state index is 11.9. The molecule has 2 rings (SSSR count). The zero-order valence-corrected chi connectivity index (χ0v) is 8.99. The lowest BCUT2D eigenvalue weighted by atomic mass is 9.84. The van der Waals surface area contributed by atoms with Gasteiger partial charge >= 0.3 is 0 Å². The van der Waals surface area contributed by atoms with Crippen LogP contribution in [0.15, 0.2) is 0 Å². The summed E-state index contributed by atoms with van der Waals surface area (Å²) in [6.07, 6.45) is 2.93. The maximum Gasteiger partial charge on any atom is 0.225 e. The molecule has 1 N–H and O–H groups in total. The lowest BCUT2D eigenvalue weighted by molar-refractivity contribution is -0.137. The minimum atomic E-state index is -0.355. The van der Waals surface area contributed by atoms with Gasteiger partial charge in [-0.2, -0.15) is 0 Å². The summed E-state index contributed by atoms with van der Waals surface area (Å²) in [5, 5.41) is 9.75. The van der Waals surface area contributed by atoms with Gasteiger partial charge < -0.3 is 10.0 Å². The third-order valence-electron chi connectivity index (χ3n) is 3.66. The van der Waals surface area contributed by atoms with Crippen LogP contribution in [-0.2, 0) is 4.79 Å². The molecule has 0 aromatic heterocycles. The van der Waals surface area contributed by atoms with Crippen molar-refractivity contribution < 1.29 is 9.90 Å². The molecule has 80 valence electrons. The highest BCUT2D eigenvalue weighted by molar-refractivity contribution is 5.80. The zero-order valence-electron chi connectivity index (χ0n) is 8.99. The number of nitrogens with zero attached hydrogens (tertiary/aromatic N) is 1. The number of aliphatic hydroxyl groups excluding tert-OH is 1. The van der Waals surface area contributed by atoms with Crippen molar-refractivity contribution in [2.45, 2.75) is 39.2 Å². The molecule has 3 nitrogen and oxygen atoms in total. The van der Waals surface area contributed by atoms with Crippen LogP contribution >= 0.6 is 0 Å². The van der Waals surface area contributed by atoms with Crippen molar-refractivity contribution in [1.82, 2.24) is 4.90 Å². The SMILES string of the molecule is CC1(C)CN(C(=O)C2CCC2)CC1O. The molecule has 2 aliphatic rings. The third-order valence-corrected chi connectivity index (χ3v) is 3.66. The van der Waals surface area contributed by atoms with E-state index in [0.29, 0.717) is 13.1 Å². The first kappa shape index (κ1) is 9.97. The van der Waals surface area contributed by atoms with E-state index in [1.807, 2.05) is 18.7 Å². The first-order valence-corrected chi connectivity index (χ1v) is 5.47. The molecule has 1 saturated heterocycles. The molecule has 1 amide bonds. The second-order valence-electron chi connectivity index (χ2n) is 5.35. The van der Waals surface area contributed by atoms with Crippen molar-refractivity contribution in [2.75, 3.05) is 13.1 Å². The number of rotatable bonds is 1. The highest BCUT2D eigenvalue weighted by atomic mass is 16.3. The second kappa shape index (κ2) is 3.23. The van der Waals surface area contributed by atoms with Gasteiger partial charge in [0.25, 0.3) is 0 Å². The maximum absolute atomic E-state index is 11.9. The summed E-state index contributed by atoms with van der Waals surface area (Å²) in [5.74, 6) is 0.525. The van der Waals surface area contributed by atoms with Crippen LogP contribution in [0.4, 0.5) is 0 Å². The fourth-order valence-corrected chi connectivity index (χ4v) is 2.20. The number of aliphatic hydroxyl groups is 1. The molecule has 1 aliphatic carbocycles. The smallest absolute Gasteiger partial charge is 0.225 e. The predicted molar refractivity (Wildman–Crippen MR) is 53.7 cm³/mol. The summed E-state index contributed by atoms with van der Waals surface area (Å²) in [6.45, 7) is 5.28. The van der Waals surface area contributed by atoms with Crippen LogP contribution in [-0.4, -0.2) is 35.1 Å². The van der Waals surface area contributed by atoms with E-state index in [2.05, 4.69) is 0 Å². The van der Waals surface area contributed by atoms with E-state index < -0.39 is 0 Å². The van der Waals surface area contributed by atoms with Crippen molar-refractivity contribution in [1.29, 1.82) is 0 Å². The summed E-state index contributed by atoms with van der Waals surface area (Å²) in [7, 11) is 0. The van der Waals surface area contributed by atoms with Crippen molar-refractivity contribution in [3.05, 3.63) is 0 Å². The van der Waals surface area contributed by atoms with Crippen LogP contribution < -0.4 is 0 Å². The van der Waals surface area contributed by atoms with Gasteiger partial charge in [-0.1, -0.05) is 20.3 Å². The Morgan fingerprint density at radius 3 is 2.43 bits per heavy atom. The van der Waals surface area contributed by atoms with Gasteiger partial charge in [0.05, 0.1) is 6.10 Å². The summed E-state index contributed by atoms with van der Waals surface area (Å²) in [4.78, 5) is 13.7. The summed E-state index contributed by atoms with van der Waals surface area (Å²) in [5.41, 5.74) is -0.126. The highest BCUT2D eigenvalue weighted by Gasteiger charge is 2.42. The van der Waals surface area contributed by atoms with Crippen LogP contribution in [0.3, 0.4) is 0 Å². The fourth-order valence-electron chi connectivity index (χ4n) is 2.20. The Labute approximate surface area is 85.1 Å². The number of carbonyl (C=O) groups is 1. The third kappa shape index (κ3) is 1.54. The molecule has 1 aliphatic heterocycles. The predicted octanol–water partition coefficient (Wildman–Crippen LogP) is 1.02. The lowest BCUT2D eigenvalue weighted by Crippen LogP contribution is -2.38. The summed E-state index contributed by atoms with van der Waals surface area (Å²) < 4.78 is 0. The molecule has 14 heavy (non-hydrogen) atoms. The minimum absolute atomic E-state index is 0.126. The quantitative estimate of drug-likeness (QED) is 0.681. The fraction of sp³-hybridized carbons (Fsp3) is 0.909. The van der Waals surface area contributed by atoms with Crippen LogP contribution in [0.5, 0.6) is 0 Å². The normalized spacial score (nSPS) is 31.6. The number of carbonyl (C=O) groups excluding carboxylic acids is 1. The van der Waals surface area contributed by atoms with E-state index in [4.69, 9.17) is 0 Å². The van der Waals surface area contributed by atoms with Gasteiger partial charge in [0.2, 0.25) is 5.91 Å². The average Bonchev–Trinajstić information content (AvgIpc) is 2.23. The molecule has 3 heteroatoms. The molecular weight excluding hydrogens is 178 g/mol. The van der Waals surface area contributed by atoms with Gasteiger partial charge in [0, 0.05) is 24.4 Å². The Morgan fingerprint density at radius 2 is 2.07 bits per heavy atom. The molecule has 1 heterocycles. The Bertz CT molecular complexity index is 246. The Morgan fingerprint density at radius 1 is 1.43 bits per heavy atom. The molecule has 1 unspecified atom stereocenters. The van der Waals surface area contributed by atoms with E-state index in [0.717, 1.165) is 12.8 Å². The van der Waals surface area contributed by atoms with Gasteiger partial charge in [-0.05, 0) is 12.8 Å². The Balaban J connectivity index is 1.97. The number of hydrogen-bond acceptors (Lipinski definition) is 2. The lowest BCUT2D eigenvalue weighted by Gasteiger charge is -2.29. The van der Waals surface area contributed by atoms with Crippen LogP contribution in [0.25, 0.3) is 0 Å². The van der Waals surface area contributed by atoms with Crippen molar-refractivity contribution in [3.8, 4) is 0 Å². The van der Waals surface area contributed by atoms with Gasteiger partial charge in [-0.25, -0.2) is 0 Å². The summed E-state index contributed by atoms with van der Waals surface area (Å²) in [6, 6.07) is 0. The molecule has 2 fully saturated rings. The molecule has 1 saturated carbocycles. The van der Waals surface area contributed by atoms with Gasteiger partial charge in [0.1, 0.15) is 0 Å². The molecular formula is C11H19NO2. The van der Waals surface area contributed by atoms with E-state index >= 15 is 0 Å². The number of amides is 1. The number of likely N-dealkylation sites (tertiary alicyclic amines) is 1. The first-order chi connectivity index (χ1) is 6.50. The van der Waals surface area contributed by atoms with Crippen LogP contribution in [0.1, 0.15) is 33.1 Å². The van der Waals surface area contributed by atoms with E-state index in [1.165, 1.54) is 6.42 Å². The molecule has 1 atom stereocenters. The zero-order chi connectivity index (χ0) is 10.3. The largest absolute Gasteiger partial charge is 0.391 e. The van der Waals surface area contributed by atoms with E-state index in [1.54, 1.807) is 0 Å². The van der Waals surface area contributed by atoms with Crippen molar-refractivity contribution >= 4 is 5.91 Å². The van der Waals surface area contributed by atoms with E-state index in [9.17, 15) is 9.90 Å². The Kier molecular flexibility index (Phi) is 2.30. The van der Waals surface area contributed by atoms with Gasteiger partial charge in [-0.15, -0.1) is 0 Å². The number of hydrogen-bond donors (Lipinski definition) is 1. The molecule has 0 aromatic carbocycles.